The molecule has 2 aliphatic heterocycles. The normalized spacial score (nSPS) is 24.9. The van der Waals surface area contributed by atoms with Gasteiger partial charge in [0.2, 0.25) is 0 Å². The molecule has 0 unspecified atom stereocenters. The zero-order valence-electron chi connectivity index (χ0n) is 14.5. The van der Waals surface area contributed by atoms with Crippen molar-refractivity contribution in [3.8, 4) is 11.1 Å². The number of rotatable bonds is 2. The number of benzene rings is 2. The van der Waals surface area contributed by atoms with E-state index in [1.54, 1.807) is 0 Å². The molecule has 3 nitrogen and oxygen atoms in total. The van der Waals surface area contributed by atoms with Gasteiger partial charge in [0.25, 0.3) is 0 Å². The maximum atomic E-state index is 6.22. The number of hydrogen-bond acceptors (Lipinski definition) is 3. The van der Waals surface area contributed by atoms with Gasteiger partial charge < -0.3 is 14.8 Å². The van der Waals surface area contributed by atoms with Gasteiger partial charge in [0, 0.05) is 25.9 Å². The van der Waals surface area contributed by atoms with Crippen LogP contribution in [0, 0.1) is 0 Å². The van der Waals surface area contributed by atoms with Crippen molar-refractivity contribution in [3.63, 3.8) is 0 Å². The van der Waals surface area contributed by atoms with E-state index in [9.17, 15) is 0 Å². The quantitative estimate of drug-likeness (QED) is 0.897. The Balaban J connectivity index is 1.42. The summed E-state index contributed by atoms with van der Waals surface area (Å²) in [4.78, 5) is 0. The molecule has 3 aliphatic rings. The highest BCUT2D eigenvalue weighted by atomic mass is 16.5. The zero-order valence-corrected chi connectivity index (χ0v) is 14.5. The van der Waals surface area contributed by atoms with E-state index in [-0.39, 0.29) is 5.60 Å². The Morgan fingerprint density at radius 3 is 2.16 bits per heavy atom. The van der Waals surface area contributed by atoms with E-state index in [4.69, 9.17) is 9.47 Å². The molecule has 1 atom stereocenters. The van der Waals surface area contributed by atoms with Crippen LogP contribution in [0.15, 0.2) is 48.5 Å². The van der Waals surface area contributed by atoms with E-state index < -0.39 is 0 Å². The van der Waals surface area contributed by atoms with Crippen molar-refractivity contribution in [3.05, 3.63) is 59.7 Å². The van der Waals surface area contributed by atoms with Crippen LogP contribution in [0.25, 0.3) is 11.1 Å². The first kappa shape index (κ1) is 15.6. The van der Waals surface area contributed by atoms with Crippen molar-refractivity contribution in [1.29, 1.82) is 0 Å². The molecule has 3 heteroatoms. The Morgan fingerprint density at radius 2 is 1.48 bits per heavy atom. The summed E-state index contributed by atoms with van der Waals surface area (Å²) in [7, 11) is 0. The molecule has 0 bridgehead atoms. The molecule has 2 fully saturated rings. The van der Waals surface area contributed by atoms with Crippen molar-refractivity contribution in [2.45, 2.75) is 43.4 Å². The average Bonchev–Trinajstić information content (AvgIpc) is 2.97. The maximum Gasteiger partial charge on any atom is 0.0741 e. The Bertz CT molecular complexity index is 715. The summed E-state index contributed by atoms with van der Waals surface area (Å²) in [6.07, 6.45) is 4.24. The van der Waals surface area contributed by atoms with Crippen molar-refractivity contribution in [2.75, 3.05) is 19.8 Å². The van der Waals surface area contributed by atoms with Gasteiger partial charge in [0.15, 0.2) is 0 Å². The largest absolute Gasteiger partial charge is 0.381 e. The van der Waals surface area contributed by atoms with E-state index in [1.807, 2.05) is 0 Å². The molecular formula is C22H25NO2. The standard InChI is InChI=1S/C22H25NO2/c1-3-7-19-17(5-1)18-6-2-4-8-20(18)21(19)23-16-9-12-25-22(15-16)10-13-24-14-11-22/h1-8,16,21,23H,9-15H2/t16-/m0/s1. The molecule has 2 aromatic rings. The summed E-state index contributed by atoms with van der Waals surface area (Å²) in [6.45, 7) is 2.53. The van der Waals surface area contributed by atoms with Crippen molar-refractivity contribution in [1.82, 2.24) is 5.32 Å². The van der Waals surface area contributed by atoms with E-state index in [1.165, 1.54) is 22.3 Å². The lowest BCUT2D eigenvalue weighted by Crippen LogP contribution is -2.50. The molecule has 1 spiro atoms. The van der Waals surface area contributed by atoms with E-state index >= 15 is 0 Å². The molecule has 130 valence electrons. The van der Waals surface area contributed by atoms with E-state index in [0.29, 0.717) is 12.1 Å². The van der Waals surface area contributed by atoms with Gasteiger partial charge in [0.1, 0.15) is 0 Å². The highest BCUT2D eigenvalue weighted by molar-refractivity contribution is 5.78. The number of hydrogen-bond donors (Lipinski definition) is 1. The van der Waals surface area contributed by atoms with Crippen LogP contribution < -0.4 is 5.32 Å². The van der Waals surface area contributed by atoms with Gasteiger partial charge in [-0.15, -0.1) is 0 Å². The molecule has 5 rings (SSSR count). The molecule has 2 heterocycles. The summed E-state index contributed by atoms with van der Waals surface area (Å²) in [6, 6.07) is 18.4. The smallest absolute Gasteiger partial charge is 0.0741 e. The average molecular weight is 335 g/mol. The number of nitrogens with one attached hydrogen (secondary N) is 1. The first-order valence-corrected chi connectivity index (χ1v) is 9.51. The summed E-state index contributed by atoms with van der Waals surface area (Å²) in [5.41, 5.74) is 5.62. The second-order valence-corrected chi connectivity index (χ2v) is 7.61. The highest BCUT2D eigenvalue weighted by Crippen LogP contribution is 2.44. The molecular weight excluding hydrogens is 310 g/mol. The molecule has 0 amide bonds. The third kappa shape index (κ3) is 2.71. The van der Waals surface area contributed by atoms with Gasteiger partial charge in [-0.1, -0.05) is 48.5 Å². The van der Waals surface area contributed by atoms with Crippen LogP contribution in [0.5, 0.6) is 0 Å². The van der Waals surface area contributed by atoms with Gasteiger partial charge in [-0.05, 0) is 47.9 Å². The molecule has 0 aromatic heterocycles. The summed E-state index contributed by atoms with van der Waals surface area (Å²) in [5.74, 6) is 0. The second kappa shape index (κ2) is 6.24. The molecule has 2 saturated heterocycles. The lowest BCUT2D eigenvalue weighted by atomic mass is 9.83. The van der Waals surface area contributed by atoms with Crippen LogP contribution in [-0.4, -0.2) is 31.5 Å². The monoisotopic (exact) mass is 335 g/mol. The molecule has 0 radical (unpaired) electrons. The zero-order chi connectivity index (χ0) is 16.7. The van der Waals surface area contributed by atoms with Crippen molar-refractivity contribution in [2.24, 2.45) is 0 Å². The third-order valence-electron chi connectivity index (χ3n) is 6.13. The van der Waals surface area contributed by atoms with Crippen LogP contribution in [0.1, 0.15) is 42.9 Å². The van der Waals surface area contributed by atoms with Crippen LogP contribution in [0.2, 0.25) is 0 Å². The van der Waals surface area contributed by atoms with Crippen LogP contribution in [-0.2, 0) is 9.47 Å². The van der Waals surface area contributed by atoms with E-state index in [0.717, 1.165) is 45.5 Å². The fourth-order valence-electron chi connectivity index (χ4n) is 4.83. The third-order valence-corrected chi connectivity index (χ3v) is 6.13. The van der Waals surface area contributed by atoms with Crippen molar-refractivity contribution >= 4 is 0 Å². The van der Waals surface area contributed by atoms with Gasteiger partial charge in [-0.25, -0.2) is 0 Å². The number of ether oxygens (including phenoxy) is 2. The predicted molar refractivity (Wildman–Crippen MR) is 98.6 cm³/mol. The minimum Gasteiger partial charge on any atom is -0.381 e. The molecule has 1 N–H and O–H groups in total. The van der Waals surface area contributed by atoms with Crippen LogP contribution in [0.4, 0.5) is 0 Å². The minimum absolute atomic E-state index is 0.0335. The first-order chi connectivity index (χ1) is 12.3. The van der Waals surface area contributed by atoms with Gasteiger partial charge >= 0.3 is 0 Å². The SMILES string of the molecule is c1ccc2c(c1)-c1ccccc1C2N[C@H]1CCOC2(CCOCC2)C1. The van der Waals surface area contributed by atoms with Gasteiger partial charge in [-0.3, -0.25) is 0 Å². The van der Waals surface area contributed by atoms with Gasteiger partial charge in [-0.2, -0.15) is 0 Å². The molecule has 2 aromatic carbocycles. The Hall–Kier alpha value is -1.68. The molecule has 25 heavy (non-hydrogen) atoms. The topological polar surface area (TPSA) is 30.5 Å². The molecule has 1 aliphatic carbocycles. The summed E-state index contributed by atoms with van der Waals surface area (Å²) < 4.78 is 11.8. The summed E-state index contributed by atoms with van der Waals surface area (Å²) in [5, 5.41) is 3.98. The van der Waals surface area contributed by atoms with Crippen LogP contribution in [0.3, 0.4) is 0 Å². The number of fused-ring (bicyclic) bond motifs is 3. The molecule has 0 saturated carbocycles. The Morgan fingerprint density at radius 1 is 0.840 bits per heavy atom. The van der Waals surface area contributed by atoms with Crippen molar-refractivity contribution < 1.29 is 9.47 Å². The van der Waals surface area contributed by atoms with Gasteiger partial charge in [0.05, 0.1) is 11.6 Å². The highest BCUT2D eigenvalue weighted by Gasteiger charge is 2.40. The minimum atomic E-state index is 0.0335. The predicted octanol–water partition coefficient (Wildman–Crippen LogP) is 4.07. The second-order valence-electron chi connectivity index (χ2n) is 7.61. The fourth-order valence-corrected chi connectivity index (χ4v) is 4.83. The Labute approximate surface area is 149 Å². The maximum absolute atomic E-state index is 6.22. The lowest BCUT2D eigenvalue weighted by molar-refractivity contribution is -0.140. The first-order valence-electron chi connectivity index (χ1n) is 9.51. The summed E-state index contributed by atoms with van der Waals surface area (Å²) >= 11 is 0. The fraction of sp³-hybridized carbons (Fsp3) is 0.455. The van der Waals surface area contributed by atoms with E-state index in [2.05, 4.69) is 53.8 Å². The Kier molecular flexibility index (Phi) is 3.89. The lowest BCUT2D eigenvalue weighted by Gasteiger charge is -2.44. The van der Waals surface area contributed by atoms with Crippen LogP contribution >= 0.6 is 0 Å².